The van der Waals surface area contributed by atoms with Gasteiger partial charge in [-0.3, -0.25) is 9.69 Å². The number of hydrogen-bond donors (Lipinski definition) is 1. The standard InChI is InChI=1S/C18H22N2O2S/c21-18(4-3-17-2-1-10-22-17)19-12-15-5-8-20(9-6-15)13-16-7-11-23-14-16/h1-4,7,10-11,14-15H,5-6,8-9,12-13H2,(H,19,21)/b4-3+. The van der Waals surface area contributed by atoms with Crippen molar-refractivity contribution in [3.05, 3.63) is 52.6 Å². The van der Waals surface area contributed by atoms with Crippen molar-refractivity contribution < 1.29 is 9.21 Å². The van der Waals surface area contributed by atoms with Crippen molar-refractivity contribution in [3.63, 3.8) is 0 Å². The highest BCUT2D eigenvalue weighted by molar-refractivity contribution is 7.07. The second kappa shape index (κ2) is 8.13. The van der Waals surface area contributed by atoms with Gasteiger partial charge in [0.2, 0.25) is 5.91 Å². The minimum absolute atomic E-state index is 0.0536. The Balaban J connectivity index is 1.35. The fourth-order valence-corrected chi connectivity index (χ4v) is 3.50. The lowest BCUT2D eigenvalue weighted by molar-refractivity contribution is -0.116. The van der Waals surface area contributed by atoms with Crippen LogP contribution in [0.2, 0.25) is 0 Å². The third kappa shape index (κ3) is 5.08. The number of piperidine rings is 1. The minimum Gasteiger partial charge on any atom is -0.465 e. The molecule has 23 heavy (non-hydrogen) atoms. The van der Waals surface area contributed by atoms with Crippen molar-refractivity contribution in [1.29, 1.82) is 0 Å². The summed E-state index contributed by atoms with van der Waals surface area (Å²) in [4.78, 5) is 14.3. The molecular weight excluding hydrogens is 308 g/mol. The molecular formula is C18H22N2O2S. The van der Waals surface area contributed by atoms with Crippen molar-refractivity contribution in [2.24, 2.45) is 5.92 Å². The van der Waals surface area contributed by atoms with Gasteiger partial charge in [0.25, 0.3) is 0 Å². The van der Waals surface area contributed by atoms with Gasteiger partial charge in [0, 0.05) is 19.2 Å². The second-order valence-electron chi connectivity index (χ2n) is 5.95. The molecule has 3 heterocycles. The number of likely N-dealkylation sites (tertiary alicyclic amines) is 1. The highest BCUT2D eigenvalue weighted by Gasteiger charge is 2.19. The topological polar surface area (TPSA) is 45.5 Å². The van der Waals surface area contributed by atoms with Gasteiger partial charge in [0.1, 0.15) is 5.76 Å². The summed E-state index contributed by atoms with van der Waals surface area (Å²) in [5, 5.41) is 7.34. The van der Waals surface area contributed by atoms with Crippen LogP contribution in [0.3, 0.4) is 0 Å². The SMILES string of the molecule is O=C(/C=C/c1ccco1)NCC1CCN(Cc2ccsc2)CC1. The first-order chi connectivity index (χ1) is 11.3. The van der Waals surface area contributed by atoms with Crippen LogP contribution < -0.4 is 5.32 Å². The molecule has 122 valence electrons. The summed E-state index contributed by atoms with van der Waals surface area (Å²) < 4.78 is 5.16. The van der Waals surface area contributed by atoms with Crippen LogP contribution in [0.1, 0.15) is 24.2 Å². The molecule has 3 rings (SSSR count). The van der Waals surface area contributed by atoms with Crippen LogP contribution in [-0.4, -0.2) is 30.4 Å². The third-order valence-electron chi connectivity index (χ3n) is 4.20. The maximum atomic E-state index is 11.8. The highest BCUT2D eigenvalue weighted by atomic mass is 32.1. The average molecular weight is 330 g/mol. The Morgan fingerprint density at radius 2 is 2.26 bits per heavy atom. The van der Waals surface area contributed by atoms with E-state index in [0.29, 0.717) is 11.7 Å². The monoisotopic (exact) mass is 330 g/mol. The van der Waals surface area contributed by atoms with Gasteiger partial charge in [0.15, 0.2) is 0 Å². The molecule has 4 nitrogen and oxygen atoms in total. The minimum atomic E-state index is -0.0536. The molecule has 2 aromatic rings. The summed E-state index contributed by atoms with van der Waals surface area (Å²) >= 11 is 1.76. The van der Waals surface area contributed by atoms with E-state index >= 15 is 0 Å². The van der Waals surface area contributed by atoms with Gasteiger partial charge >= 0.3 is 0 Å². The van der Waals surface area contributed by atoms with Crippen LogP contribution in [0.4, 0.5) is 0 Å². The molecule has 0 unspecified atom stereocenters. The Morgan fingerprint density at radius 1 is 1.39 bits per heavy atom. The molecule has 0 atom stereocenters. The number of rotatable bonds is 6. The van der Waals surface area contributed by atoms with Gasteiger partial charge in [-0.1, -0.05) is 0 Å². The highest BCUT2D eigenvalue weighted by Crippen LogP contribution is 2.19. The summed E-state index contributed by atoms with van der Waals surface area (Å²) in [6.07, 6.45) is 7.11. The number of amides is 1. The zero-order valence-corrected chi connectivity index (χ0v) is 13.9. The number of nitrogens with one attached hydrogen (secondary N) is 1. The van der Waals surface area contributed by atoms with Crippen molar-refractivity contribution >= 4 is 23.3 Å². The third-order valence-corrected chi connectivity index (χ3v) is 4.93. The van der Waals surface area contributed by atoms with Crippen molar-refractivity contribution in [1.82, 2.24) is 10.2 Å². The van der Waals surface area contributed by atoms with E-state index in [1.165, 1.54) is 11.6 Å². The first-order valence-electron chi connectivity index (χ1n) is 8.02. The predicted molar refractivity (Wildman–Crippen MR) is 93.1 cm³/mol. The molecule has 1 amide bonds. The molecule has 0 aliphatic carbocycles. The number of nitrogens with zero attached hydrogens (tertiary/aromatic N) is 1. The fourth-order valence-electron chi connectivity index (χ4n) is 2.84. The number of hydrogen-bond acceptors (Lipinski definition) is 4. The van der Waals surface area contributed by atoms with Crippen LogP contribution >= 0.6 is 11.3 Å². The quantitative estimate of drug-likeness (QED) is 0.826. The predicted octanol–water partition coefficient (Wildman–Crippen LogP) is 3.38. The normalized spacial score (nSPS) is 16.9. The van der Waals surface area contributed by atoms with Crippen LogP contribution in [-0.2, 0) is 11.3 Å². The summed E-state index contributed by atoms with van der Waals surface area (Å²) in [5.74, 6) is 1.22. The van der Waals surface area contributed by atoms with E-state index in [1.807, 2.05) is 12.1 Å². The lowest BCUT2D eigenvalue weighted by Crippen LogP contribution is -2.37. The molecule has 2 aromatic heterocycles. The molecule has 1 saturated heterocycles. The van der Waals surface area contributed by atoms with Gasteiger partial charge in [-0.05, 0) is 72.4 Å². The Labute approximate surface area is 140 Å². The van der Waals surface area contributed by atoms with Gasteiger partial charge < -0.3 is 9.73 Å². The molecule has 1 N–H and O–H groups in total. The molecule has 0 saturated carbocycles. The van der Waals surface area contributed by atoms with Crippen LogP contribution in [0.15, 0.2) is 45.7 Å². The lowest BCUT2D eigenvalue weighted by atomic mass is 9.96. The first-order valence-corrected chi connectivity index (χ1v) is 8.97. The fraction of sp³-hybridized carbons (Fsp3) is 0.389. The molecule has 0 aromatic carbocycles. The molecule has 5 heteroatoms. The van der Waals surface area contributed by atoms with Crippen molar-refractivity contribution in [3.8, 4) is 0 Å². The lowest BCUT2D eigenvalue weighted by Gasteiger charge is -2.31. The van der Waals surface area contributed by atoms with Gasteiger partial charge in [-0.2, -0.15) is 11.3 Å². The number of carbonyl (C=O) groups excluding carboxylic acids is 1. The molecule has 0 spiro atoms. The van der Waals surface area contributed by atoms with Crippen molar-refractivity contribution in [2.45, 2.75) is 19.4 Å². The molecule has 0 bridgehead atoms. The Kier molecular flexibility index (Phi) is 5.66. The van der Waals surface area contributed by atoms with E-state index in [0.717, 1.165) is 39.0 Å². The van der Waals surface area contributed by atoms with E-state index in [1.54, 1.807) is 23.7 Å². The zero-order chi connectivity index (χ0) is 15.9. The summed E-state index contributed by atoms with van der Waals surface area (Å²) in [6, 6.07) is 5.83. The zero-order valence-electron chi connectivity index (χ0n) is 13.1. The first kappa shape index (κ1) is 16.0. The van der Waals surface area contributed by atoms with E-state index in [4.69, 9.17) is 4.42 Å². The number of thiophene rings is 1. The number of carbonyl (C=O) groups is 1. The van der Waals surface area contributed by atoms with E-state index in [-0.39, 0.29) is 5.91 Å². The molecule has 1 fully saturated rings. The van der Waals surface area contributed by atoms with E-state index < -0.39 is 0 Å². The number of furan rings is 1. The largest absolute Gasteiger partial charge is 0.465 e. The summed E-state index contributed by atoms with van der Waals surface area (Å²) in [5.41, 5.74) is 1.41. The average Bonchev–Trinajstić information content (AvgIpc) is 3.26. The summed E-state index contributed by atoms with van der Waals surface area (Å²) in [7, 11) is 0. The summed E-state index contributed by atoms with van der Waals surface area (Å²) in [6.45, 7) is 4.03. The molecule has 1 aliphatic heterocycles. The Bertz CT molecular complexity index is 612. The van der Waals surface area contributed by atoms with Crippen LogP contribution in [0.25, 0.3) is 6.08 Å². The van der Waals surface area contributed by atoms with Gasteiger partial charge in [-0.15, -0.1) is 0 Å². The maximum absolute atomic E-state index is 11.8. The maximum Gasteiger partial charge on any atom is 0.244 e. The van der Waals surface area contributed by atoms with Gasteiger partial charge in [-0.25, -0.2) is 0 Å². The van der Waals surface area contributed by atoms with Crippen molar-refractivity contribution in [2.75, 3.05) is 19.6 Å². The van der Waals surface area contributed by atoms with E-state index in [2.05, 4.69) is 27.0 Å². The van der Waals surface area contributed by atoms with Crippen LogP contribution in [0.5, 0.6) is 0 Å². The van der Waals surface area contributed by atoms with Gasteiger partial charge in [0.05, 0.1) is 6.26 Å². The van der Waals surface area contributed by atoms with E-state index in [9.17, 15) is 4.79 Å². The second-order valence-corrected chi connectivity index (χ2v) is 6.73. The smallest absolute Gasteiger partial charge is 0.244 e. The Hall–Kier alpha value is -1.85. The van der Waals surface area contributed by atoms with Crippen LogP contribution in [0, 0.1) is 5.92 Å². The Morgan fingerprint density at radius 3 is 2.96 bits per heavy atom. The molecule has 0 radical (unpaired) electrons. The molecule has 1 aliphatic rings.